The number of halogens is 1. The summed E-state index contributed by atoms with van der Waals surface area (Å²) in [6.07, 6.45) is -1.93. The fourth-order valence-corrected chi connectivity index (χ4v) is 1.02. The van der Waals surface area contributed by atoms with E-state index >= 15 is 0 Å². The molecule has 0 aliphatic heterocycles. The first-order valence-electron chi connectivity index (χ1n) is 4.36. The average Bonchev–Trinajstić information content (AvgIpc) is 2.19. The lowest BCUT2D eigenvalue weighted by molar-refractivity contribution is -0.122. The Kier molecular flexibility index (Phi) is 3.51. The first-order chi connectivity index (χ1) is 6.61. The third kappa shape index (κ3) is 2.76. The molecule has 0 bridgehead atoms. The topological polar surface area (TPSA) is 34.1 Å². The van der Waals surface area contributed by atoms with E-state index < -0.39 is 12.0 Å². The largest absolute Gasteiger partial charge is 0.296 e. The summed E-state index contributed by atoms with van der Waals surface area (Å²) in [6.45, 7) is 1.14. The van der Waals surface area contributed by atoms with Crippen LogP contribution in [0, 0.1) is 0 Å². The number of ketones is 2. The molecule has 0 N–H and O–H groups in total. The molecule has 1 atom stereocenters. The van der Waals surface area contributed by atoms with E-state index in [2.05, 4.69) is 0 Å². The molecule has 0 spiro atoms. The zero-order valence-corrected chi connectivity index (χ0v) is 7.87. The third-order valence-electron chi connectivity index (χ3n) is 1.87. The average molecular weight is 194 g/mol. The quantitative estimate of drug-likeness (QED) is 0.543. The van der Waals surface area contributed by atoms with Crippen molar-refractivity contribution in [3.8, 4) is 0 Å². The molecule has 0 saturated carbocycles. The summed E-state index contributed by atoms with van der Waals surface area (Å²) >= 11 is 0. The second-order valence-corrected chi connectivity index (χ2v) is 3.05. The van der Waals surface area contributed by atoms with Crippen LogP contribution >= 0.6 is 0 Å². The molecule has 1 unspecified atom stereocenters. The molecule has 0 radical (unpaired) electrons. The summed E-state index contributed by atoms with van der Waals surface area (Å²) in [4.78, 5) is 22.3. The van der Waals surface area contributed by atoms with E-state index in [0.29, 0.717) is 5.56 Å². The number of rotatable bonds is 4. The Bertz CT molecular complexity index is 330. The van der Waals surface area contributed by atoms with E-state index in [1.54, 1.807) is 30.3 Å². The first kappa shape index (κ1) is 10.6. The molecule has 0 heterocycles. The highest BCUT2D eigenvalue weighted by atomic mass is 19.1. The van der Waals surface area contributed by atoms with Crippen LogP contribution in [-0.2, 0) is 4.79 Å². The third-order valence-corrected chi connectivity index (χ3v) is 1.87. The van der Waals surface area contributed by atoms with Gasteiger partial charge in [0.05, 0.1) is 6.42 Å². The molecule has 2 nitrogen and oxygen atoms in total. The van der Waals surface area contributed by atoms with Crippen LogP contribution in [0.4, 0.5) is 4.39 Å². The van der Waals surface area contributed by atoms with Crippen LogP contribution in [0.25, 0.3) is 0 Å². The van der Waals surface area contributed by atoms with Crippen molar-refractivity contribution in [1.82, 2.24) is 0 Å². The Morgan fingerprint density at radius 3 is 2.36 bits per heavy atom. The van der Waals surface area contributed by atoms with E-state index in [0.717, 1.165) is 6.92 Å². The van der Waals surface area contributed by atoms with Gasteiger partial charge in [-0.3, -0.25) is 9.59 Å². The molecule has 0 saturated heterocycles. The molecule has 0 fully saturated rings. The van der Waals surface area contributed by atoms with E-state index in [1.165, 1.54) is 0 Å². The molecule has 1 aromatic carbocycles. The van der Waals surface area contributed by atoms with Gasteiger partial charge in [-0.1, -0.05) is 30.3 Å². The van der Waals surface area contributed by atoms with Crippen molar-refractivity contribution in [2.75, 3.05) is 0 Å². The van der Waals surface area contributed by atoms with E-state index in [1.807, 2.05) is 0 Å². The predicted octanol–water partition coefficient (Wildman–Crippen LogP) is 2.19. The van der Waals surface area contributed by atoms with Gasteiger partial charge in [0.1, 0.15) is 0 Å². The minimum Gasteiger partial charge on any atom is -0.296 e. The molecule has 0 aliphatic rings. The smallest absolute Gasteiger partial charge is 0.174 e. The van der Waals surface area contributed by atoms with Crippen molar-refractivity contribution >= 4 is 11.6 Å². The van der Waals surface area contributed by atoms with Crippen LogP contribution in [0.3, 0.4) is 0 Å². The van der Waals surface area contributed by atoms with Gasteiger partial charge in [0, 0.05) is 5.56 Å². The van der Waals surface area contributed by atoms with Crippen molar-refractivity contribution in [3.63, 3.8) is 0 Å². The highest BCUT2D eigenvalue weighted by Gasteiger charge is 2.16. The molecule has 74 valence electrons. The van der Waals surface area contributed by atoms with Gasteiger partial charge in [-0.25, -0.2) is 4.39 Å². The van der Waals surface area contributed by atoms with Gasteiger partial charge in [0.2, 0.25) is 0 Å². The zero-order valence-electron chi connectivity index (χ0n) is 7.87. The van der Waals surface area contributed by atoms with E-state index in [4.69, 9.17) is 0 Å². The van der Waals surface area contributed by atoms with E-state index in [-0.39, 0.29) is 12.2 Å². The number of benzene rings is 1. The summed E-state index contributed by atoms with van der Waals surface area (Å²) in [6, 6.07) is 8.40. The lowest BCUT2D eigenvalue weighted by Gasteiger charge is -2.00. The minimum absolute atomic E-state index is 0.333. The molecule has 0 aromatic heterocycles. The maximum atomic E-state index is 12.5. The van der Waals surface area contributed by atoms with Gasteiger partial charge in [-0.15, -0.1) is 0 Å². The Labute approximate surface area is 81.7 Å². The van der Waals surface area contributed by atoms with Crippen molar-refractivity contribution in [2.24, 2.45) is 0 Å². The summed E-state index contributed by atoms with van der Waals surface area (Å²) in [7, 11) is 0. The van der Waals surface area contributed by atoms with Crippen LogP contribution < -0.4 is 0 Å². The van der Waals surface area contributed by atoms with Crippen LogP contribution in [0.1, 0.15) is 23.7 Å². The van der Waals surface area contributed by atoms with Crippen molar-refractivity contribution < 1.29 is 14.0 Å². The maximum absolute atomic E-state index is 12.5. The van der Waals surface area contributed by atoms with Crippen LogP contribution in [-0.4, -0.2) is 17.7 Å². The molecule has 0 amide bonds. The first-order valence-corrected chi connectivity index (χ1v) is 4.36. The summed E-state index contributed by atoms with van der Waals surface area (Å²) in [5, 5.41) is 0. The maximum Gasteiger partial charge on any atom is 0.174 e. The second kappa shape index (κ2) is 4.65. The van der Waals surface area contributed by atoms with Crippen molar-refractivity contribution in [2.45, 2.75) is 19.5 Å². The van der Waals surface area contributed by atoms with Gasteiger partial charge < -0.3 is 0 Å². The number of hydrogen-bond acceptors (Lipinski definition) is 2. The van der Waals surface area contributed by atoms with Crippen LogP contribution in [0.15, 0.2) is 30.3 Å². The van der Waals surface area contributed by atoms with Gasteiger partial charge in [-0.2, -0.15) is 0 Å². The Morgan fingerprint density at radius 2 is 1.86 bits per heavy atom. The van der Waals surface area contributed by atoms with Gasteiger partial charge >= 0.3 is 0 Å². The highest BCUT2D eigenvalue weighted by Crippen LogP contribution is 2.05. The molecule has 3 heteroatoms. The van der Waals surface area contributed by atoms with Gasteiger partial charge in [0.15, 0.2) is 17.7 Å². The molecule has 1 aromatic rings. The van der Waals surface area contributed by atoms with Gasteiger partial charge in [-0.05, 0) is 6.92 Å². The van der Waals surface area contributed by atoms with E-state index in [9.17, 15) is 14.0 Å². The SMILES string of the molecule is CC(F)C(=O)CC(=O)c1ccccc1. The summed E-state index contributed by atoms with van der Waals surface area (Å²) in [5.74, 6) is -1.00. The molecular weight excluding hydrogens is 183 g/mol. The monoisotopic (exact) mass is 194 g/mol. The Hall–Kier alpha value is -1.51. The van der Waals surface area contributed by atoms with Gasteiger partial charge in [0.25, 0.3) is 0 Å². The lowest BCUT2D eigenvalue weighted by Crippen LogP contribution is -2.16. The second-order valence-electron chi connectivity index (χ2n) is 3.05. The standard InChI is InChI=1S/C11H11FO2/c1-8(12)10(13)7-11(14)9-5-3-2-4-6-9/h2-6,8H,7H2,1H3. The molecule has 0 aliphatic carbocycles. The molecule has 1 rings (SSSR count). The van der Waals surface area contributed by atoms with Crippen LogP contribution in [0.5, 0.6) is 0 Å². The number of alkyl halides is 1. The van der Waals surface area contributed by atoms with Crippen molar-refractivity contribution in [3.05, 3.63) is 35.9 Å². The minimum atomic E-state index is -1.57. The number of carbonyl (C=O) groups is 2. The fraction of sp³-hybridized carbons (Fsp3) is 0.273. The molecule has 14 heavy (non-hydrogen) atoms. The predicted molar refractivity (Wildman–Crippen MR) is 51.0 cm³/mol. The fourth-order valence-electron chi connectivity index (χ4n) is 1.02. The summed E-state index contributed by atoms with van der Waals surface area (Å²) < 4.78 is 12.5. The number of carbonyl (C=O) groups excluding carboxylic acids is 2. The van der Waals surface area contributed by atoms with Crippen LogP contribution in [0.2, 0.25) is 0 Å². The highest BCUT2D eigenvalue weighted by molar-refractivity contribution is 6.08. The zero-order chi connectivity index (χ0) is 10.6. The summed E-state index contributed by atoms with van der Waals surface area (Å²) in [5.41, 5.74) is 0.446. The Morgan fingerprint density at radius 1 is 1.29 bits per heavy atom. The van der Waals surface area contributed by atoms with Crippen molar-refractivity contribution in [1.29, 1.82) is 0 Å². The number of Topliss-reactive ketones (excluding diaryl/α,β-unsaturated/α-hetero) is 2. The normalized spacial score (nSPS) is 12.1. The lowest BCUT2D eigenvalue weighted by atomic mass is 10.0. The number of hydrogen-bond donors (Lipinski definition) is 0. The molecular formula is C11H11FO2. The Balaban J connectivity index is 2.65.